The molecule has 0 rings (SSSR count). The van der Waals surface area contributed by atoms with Gasteiger partial charge < -0.3 is 10.2 Å². The van der Waals surface area contributed by atoms with Crippen molar-refractivity contribution in [3.8, 4) is 6.07 Å². The zero-order chi connectivity index (χ0) is 14.9. The zero-order valence-corrected chi connectivity index (χ0v) is 12.5. The lowest BCUT2D eigenvalue weighted by Crippen LogP contribution is -2.42. The van der Waals surface area contributed by atoms with E-state index in [2.05, 4.69) is 11.4 Å². The summed E-state index contributed by atoms with van der Waals surface area (Å²) in [7, 11) is 3.22. The Balaban J connectivity index is 4.79. The third kappa shape index (κ3) is 4.90. The molecule has 0 aromatic rings. The molecule has 0 atom stereocenters. The molecular weight excluding hydrogens is 242 g/mol. The molecule has 0 aromatic carbocycles. The number of carbonyl (C=O) groups is 2. The van der Waals surface area contributed by atoms with E-state index in [9.17, 15) is 14.9 Å². The van der Waals surface area contributed by atoms with Crippen LogP contribution in [0.3, 0.4) is 0 Å². The molecule has 108 valence electrons. The SMILES string of the molecule is CCCC(C#N)(CCC)C(=O)N(C)CCC(=O)NC. The number of hydrogen-bond donors (Lipinski definition) is 1. The van der Waals surface area contributed by atoms with E-state index in [1.54, 1.807) is 14.1 Å². The summed E-state index contributed by atoms with van der Waals surface area (Å²) in [5.74, 6) is -0.268. The van der Waals surface area contributed by atoms with Gasteiger partial charge in [0.15, 0.2) is 0 Å². The first-order valence-electron chi connectivity index (χ1n) is 6.84. The Bertz CT molecular complexity index is 341. The molecule has 0 aliphatic rings. The molecule has 19 heavy (non-hydrogen) atoms. The van der Waals surface area contributed by atoms with Crippen LogP contribution in [0.4, 0.5) is 0 Å². The van der Waals surface area contributed by atoms with Crippen molar-refractivity contribution >= 4 is 11.8 Å². The summed E-state index contributed by atoms with van der Waals surface area (Å²) in [4.78, 5) is 25.1. The number of rotatable bonds is 8. The van der Waals surface area contributed by atoms with Crippen molar-refractivity contribution in [3.05, 3.63) is 0 Å². The van der Waals surface area contributed by atoms with Gasteiger partial charge in [-0.15, -0.1) is 0 Å². The van der Waals surface area contributed by atoms with Crippen molar-refractivity contribution in [2.24, 2.45) is 5.41 Å². The number of nitrogens with one attached hydrogen (secondary N) is 1. The second kappa shape index (κ2) is 8.52. The Hall–Kier alpha value is -1.57. The van der Waals surface area contributed by atoms with Crippen LogP contribution in [0.2, 0.25) is 0 Å². The molecule has 0 aromatic heterocycles. The molecule has 0 aliphatic heterocycles. The highest BCUT2D eigenvalue weighted by atomic mass is 16.2. The number of nitrogens with zero attached hydrogens (tertiary/aromatic N) is 2. The number of carbonyl (C=O) groups excluding carboxylic acids is 2. The van der Waals surface area contributed by atoms with Crippen LogP contribution in [0.25, 0.3) is 0 Å². The highest BCUT2D eigenvalue weighted by Crippen LogP contribution is 2.31. The topological polar surface area (TPSA) is 73.2 Å². The van der Waals surface area contributed by atoms with E-state index in [0.717, 1.165) is 12.8 Å². The van der Waals surface area contributed by atoms with Gasteiger partial charge in [-0.2, -0.15) is 5.26 Å². The second-order valence-electron chi connectivity index (χ2n) is 4.84. The van der Waals surface area contributed by atoms with Crippen molar-refractivity contribution in [3.63, 3.8) is 0 Å². The normalized spacial score (nSPS) is 10.7. The maximum atomic E-state index is 12.4. The van der Waals surface area contributed by atoms with E-state index in [1.165, 1.54) is 4.90 Å². The van der Waals surface area contributed by atoms with E-state index in [4.69, 9.17) is 0 Å². The van der Waals surface area contributed by atoms with Crippen molar-refractivity contribution in [1.29, 1.82) is 5.26 Å². The van der Waals surface area contributed by atoms with Gasteiger partial charge in [-0.3, -0.25) is 9.59 Å². The minimum Gasteiger partial charge on any atom is -0.359 e. The molecule has 0 unspecified atom stereocenters. The van der Waals surface area contributed by atoms with E-state index in [-0.39, 0.29) is 18.2 Å². The maximum absolute atomic E-state index is 12.4. The van der Waals surface area contributed by atoms with Gasteiger partial charge in [0.25, 0.3) is 0 Å². The Morgan fingerprint density at radius 3 is 2.16 bits per heavy atom. The first-order chi connectivity index (χ1) is 8.97. The van der Waals surface area contributed by atoms with E-state index >= 15 is 0 Å². The van der Waals surface area contributed by atoms with Gasteiger partial charge in [0.2, 0.25) is 11.8 Å². The van der Waals surface area contributed by atoms with Gasteiger partial charge in [-0.05, 0) is 12.8 Å². The highest BCUT2D eigenvalue weighted by molar-refractivity contribution is 5.86. The minimum atomic E-state index is -0.930. The van der Waals surface area contributed by atoms with Gasteiger partial charge in [0.1, 0.15) is 5.41 Å². The summed E-state index contributed by atoms with van der Waals surface area (Å²) >= 11 is 0. The standard InChI is InChI=1S/C14H25N3O2/c1-5-8-14(11-15,9-6-2)13(19)17(4)10-7-12(18)16-3/h5-10H2,1-4H3,(H,16,18). The molecule has 0 heterocycles. The molecule has 2 amide bonds. The molecule has 0 spiro atoms. The zero-order valence-electron chi connectivity index (χ0n) is 12.5. The molecule has 0 bridgehead atoms. The van der Waals surface area contributed by atoms with Gasteiger partial charge in [-0.25, -0.2) is 0 Å². The van der Waals surface area contributed by atoms with Crippen LogP contribution < -0.4 is 5.32 Å². The molecule has 0 fully saturated rings. The second-order valence-corrected chi connectivity index (χ2v) is 4.84. The Morgan fingerprint density at radius 2 is 1.79 bits per heavy atom. The maximum Gasteiger partial charge on any atom is 0.242 e. The Labute approximate surface area is 116 Å². The number of amides is 2. The molecule has 1 N–H and O–H groups in total. The summed E-state index contributed by atoms with van der Waals surface area (Å²) < 4.78 is 0. The smallest absolute Gasteiger partial charge is 0.242 e. The monoisotopic (exact) mass is 267 g/mol. The molecule has 5 heteroatoms. The lowest BCUT2D eigenvalue weighted by Gasteiger charge is -2.29. The number of nitriles is 1. The van der Waals surface area contributed by atoms with E-state index in [1.807, 2.05) is 13.8 Å². The van der Waals surface area contributed by atoms with Gasteiger partial charge in [0, 0.05) is 27.1 Å². The first-order valence-corrected chi connectivity index (χ1v) is 6.84. The van der Waals surface area contributed by atoms with Crippen molar-refractivity contribution in [2.75, 3.05) is 20.6 Å². The number of hydrogen-bond acceptors (Lipinski definition) is 3. The summed E-state index contributed by atoms with van der Waals surface area (Å²) in [6, 6.07) is 2.21. The average molecular weight is 267 g/mol. The van der Waals surface area contributed by atoms with E-state index < -0.39 is 5.41 Å². The third-order valence-corrected chi connectivity index (χ3v) is 3.28. The lowest BCUT2D eigenvalue weighted by atomic mass is 9.79. The fourth-order valence-electron chi connectivity index (χ4n) is 2.21. The molecule has 0 saturated heterocycles. The van der Waals surface area contributed by atoms with Crippen molar-refractivity contribution in [1.82, 2.24) is 10.2 Å². The molecule has 5 nitrogen and oxygen atoms in total. The summed E-state index contributed by atoms with van der Waals surface area (Å²) in [5.41, 5.74) is -0.930. The predicted octanol–water partition coefficient (Wildman–Crippen LogP) is 1.69. The van der Waals surface area contributed by atoms with Crippen LogP contribution >= 0.6 is 0 Å². The summed E-state index contributed by atoms with van der Waals surface area (Å²) in [5, 5.41) is 11.9. The third-order valence-electron chi connectivity index (χ3n) is 3.28. The quantitative estimate of drug-likeness (QED) is 0.727. The largest absolute Gasteiger partial charge is 0.359 e. The van der Waals surface area contributed by atoms with Crippen molar-refractivity contribution in [2.45, 2.75) is 46.0 Å². The minimum absolute atomic E-state index is 0.104. The molecular formula is C14H25N3O2. The van der Waals surface area contributed by atoms with Crippen LogP contribution in [0.1, 0.15) is 46.0 Å². The van der Waals surface area contributed by atoms with Crippen LogP contribution in [-0.4, -0.2) is 37.4 Å². The highest BCUT2D eigenvalue weighted by Gasteiger charge is 2.38. The molecule has 0 saturated carbocycles. The fourth-order valence-corrected chi connectivity index (χ4v) is 2.21. The van der Waals surface area contributed by atoms with Crippen LogP contribution in [0.5, 0.6) is 0 Å². The Morgan fingerprint density at radius 1 is 1.26 bits per heavy atom. The van der Waals surface area contributed by atoms with Gasteiger partial charge in [-0.1, -0.05) is 26.7 Å². The Kier molecular flexibility index (Phi) is 7.81. The van der Waals surface area contributed by atoms with Gasteiger partial charge >= 0.3 is 0 Å². The summed E-state index contributed by atoms with van der Waals surface area (Å²) in [6.07, 6.45) is 2.99. The predicted molar refractivity (Wildman–Crippen MR) is 74.2 cm³/mol. The lowest BCUT2D eigenvalue weighted by molar-refractivity contribution is -0.138. The van der Waals surface area contributed by atoms with Crippen LogP contribution in [-0.2, 0) is 9.59 Å². The van der Waals surface area contributed by atoms with Gasteiger partial charge in [0.05, 0.1) is 6.07 Å². The summed E-state index contributed by atoms with van der Waals surface area (Å²) in [6.45, 7) is 4.29. The van der Waals surface area contributed by atoms with Crippen molar-refractivity contribution < 1.29 is 9.59 Å². The fraction of sp³-hybridized carbons (Fsp3) is 0.786. The van der Waals surface area contributed by atoms with Crippen LogP contribution in [0, 0.1) is 16.7 Å². The molecule has 0 aliphatic carbocycles. The molecule has 0 radical (unpaired) electrons. The van der Waals surface area contributed by atoms with Crippen LogP contribution in [0.15, 0.2) is 0 Å². The van der Waals surface area contributed by atoms with E-state index in [0.29, 0.717) is 19.4 Å². The first kappa shape index (κ1) is 17.4. The average Bonchev–Trinajstić information content (AvgIpc) is 2.42.